The molecule has 0 radical (unpaired) electrons. The summed E-state index contributed by atoms with van der Waals surface area (Å²) in [5.74, 6) is 0.178. The Morgan fingerprint density at radius 1 is 1.06 bits per heavy atom. The van der Waals surface area contributed by atoms with E-state index in [0.717, 1.165) is 38.8 Å². The van der Waals surface area contributed by atoms with Gasteiger partial charge in [0.1, 0.15) is 18.2 Å². The van der Waals surface area contributed by atoms with Crippen LogP contribution in [0.3, 0.4) is 0 Å². The number of nitrogens with one attached hydrogen (secondary N) is 1. The fourth-order valence-electron chi connectivity index (χ4n) is 4.52. The van der Waals surface area contributed by atoms with Crippen molar-refractivity contribution in [2.45, 2.75) is 37.1 Å². The van der Waals surface area contributed by atoms with Crippen molar-refractivity contribution in [1.29, 1.82) is 0 Å². The van der Waals surface area contributed by atoms with E-state index in [1.807, 2.05) is 0 Å². The Kier molecular flexibility index (Phi) is 8.64. The Balaban J connectivity index is 1.15. The van der Waals surface area contributed by atoms with Crippen LogP contribution in [-0.2, 0) is 21.4 Å². The van der Waals surface area contributed by atoms with Gasteiger partial charge < -0.3 is 10.1 Å². The standard InChI is InChI=1S/C25H31ClFN3O4S/c26-21-4-3-20(24(27)17-21)18-29-14-9-19(10-15-29)25(31)28-11-16-34-22-5-7-23(8-6-22)35(32,33)30-12-1-2-13-30/h3-8,17,19H,1-2,9-16,18H2,(H,28,31). The fraction of sp³-hybridized carbons (Fsp3) is 0.480. The highest BCUT2D eigenvalue weighted by Crippen LogP contribution is 2.24. The zero-order valence-electron chi connectivity index (χ0n) is 19.6. The second-order valence-corrected chi connectivity index (χ2v) is 11.4. The molecule has 2 saturated heterocycles. The van der Waals surface area contributed by atoms with Crippen LogP contribution in [0.2, 0.25) is 5.02 Å². The molecule has 0 aliphatic carbocycles. The predicted octanol–water partition coefficient (Wildman–Crippen LogP) is 3.67. The molecule has 0 aromatic heterocycles. The molecule has 2 aliphatic rings. The number of ether oxygens (including phenoxy) is 1. The van der Waals surface area contributed by atoms with Gasteiger partial charge in [-0.1, -0.05) is 17.7 Å². The van der Waals surface area contributed by atoms with Gasteiger partial charge in [-0.2, -0.15) is 4.31 Å². The molecule has 2 aromatic carbocycles. The van der Waals surface area contributed by atoms with Gasteiger partial charge in [0.15, 0.2) is 0 Å². The summed E-state index contributed by atoms with van der Waals surface area (Å²) in [5, 5.41) is 3.30. The zero-order valence-corrected chi connectivity index (χ0v) is 21.2. The molecule has 0 spiro atoms. The predicted molar refractivity (Wildman–Crippen MR) is 132 cm³/mol. The number of benzene rings is 2. The largest absolute Gasteiger partial charge is 0.492 e. The van der Waals surface area contributed by atoms with E-state index < -0.39 is 10.0 Å². The van der Waals surface area contributed by atoms with Crippen LogP contribution in [0, 0.1) is 11.7 Å². The molecular formula is C25H31ClFN3O4S. The number of halogens is 2. The second-order valence-electron chi connectivity index (χ2n) is 9.01. The normalized spacial score (nSPS) is 18.0. The van der Waals surface area contributed by atoms with Gasteiger partial charge in [0.2, 0.25) is 15.9 Å². The summed E-state index contributed by atoms with van der Waals surface area (Å²) in [4.78, 5) is 14.9. The molecule has 2 aliphatic heterocycles. The molecule has 4 rings (SSSR count). The Hall–Kier alpha value is -2.20. The highest BCUT2D eigenvalue weighted by molar-refractivity contribution is 7.89. The fourth-order valence-corrected chi connectivity index (χ4v) is 6.19. The molecule has 0 unspecified atom stereocenters. The molecular weight excluding hydrogens is 493 g/mol. The van der Waals surface area contributed by atoms with Gasteiger partial charge in [0, 0.05) is 36.1 Å². The smallest absolute Gasteiger partial charge is 0.243 e. The van der Waals surface area contributed by atoms with Crippen molar-refractivity contribution in [2.24, 2.45) is 5.92 Å². The van der Waals surface area contributed by atoms with Gasteiger partial charge in [-0.3, -0.25) is 9.69 Å². The first-order valence-electron chi connectivity index (χ1n) is 12.0. The van der Waals surface area contributed by atoms with Crippen LogP contribution in [0.1, 0.15) is 31.2 Å². The number of carbonyl (C=O) groups is 1. The van der Waals surface area contributed by atoms with Gasteiger partial charge in [-0.15, -0.1) is 0 Å². The van der Waals surface area contributed by atoms with Crippen LogP contribution in [0.4, 0.5) is 4.39 Å². The van der Waals surface area contributed by atoms with E-state index in [4.69, 9.17) is 16.3 Å². The molecule has 1 amide bonds. The van der Waals surface area contributed by atoms with E-state index in [0.29, 0.717) is 49.1 Å². The first kappa shape index (κ1) is 25.9. The first-order chi connectivity index (χ1) is 16.8. The van der Waals surface area contributed by atoms with Crippen LogP contribution < -0.4 is 10.1 Å². The topological polar surface area (TPSA) is 78.9 Å². The van der Waals surface area contributed by atoms with Gasteiger partial charge >= 0.3 is 0 Å². The number of piperidine rings is 1. The average Bonchev–Trinajstić information content (AvgIpc) is 3.40. The average molecular weight is 524 g/mol. The number of sulfonamides is 1. The Morgan fingerprint density at radius 3 is 2.40 bits per heavy atom. The van der Waals surface area contributed by atoms with Crippen LogP contribution >= 0.6 is 11.6 Å². The highest BCUT2D eigenvalue weighted by Gasteiger charge is 2.27. The molecule has 2 heterocycles. The number of amides is 1. The van der Waals surface area contributed by atoms with E-state index in [-0.39, 0.29) is 22.5 Å². The van der Waals surface area contributed by atoms with E-state index >= 15 is 0 Å². The number of likely N-dealkylation sites (tertiary alicyclic amines) is 1. The maximum Gasteiger partial charge on any atom is 0.243 e. The van der Waals surface area contributed by atoms with Crippen molar-refractivity contribution in [2.75, 3.05) is 39.3 Å². The van der Waals surface area contributed by atoms with Crippen molar-refractivity contribution in [3.63, 3.8) is 0 Å². The van der Waals surface area contributed by atoms with Gasteiger partial charge in [0.05, 0.1) is 11.4 Å². The van der Waals surface area contributed by atoms with Crippen LogP contribution in [0.25, 0.3) is 0 Å². The van der Waals surface area contributed by atoms with E-state index in [2.05, 4.69) is 10.2 Å². The Bertz CT molecular complexity index is 1120. The molecule has 2 aromatic rings. The minimum absolute atomic E-state index is 0.00187. The summed E-state index contributed by atoms with van der Waals surface area (Å²) in [5.41, 5.74) is 0.608. The molecule has 0 atom stereocenters. The second kappa shape index (κ2) is 11.7. The molecule has 2 fully saturated rings. The lowest BCUT2D eigenvalue weighted by atomic mass is 9.95. The van der Waals surface area contributed by atoms with Crippen LogP contribution in [0.5, 0.6) is 5.75 Å². The van der Waals surface area contributed by atoms with Crippen molar-refractivity contribution >= 4 is 27.5 Å². The maximum absolute atomic E-state index is 14.0. The number of carbonyl (C=O) groups excluding carboxylic acids is 1. The third kappa shape index (κ3) is 6.73. The minimum atomic E-state index is -3.44. The van der Waals surface area contributed by atoms with Crippen molar-refractivity contribution < 1.29 is 22.3 Å². The summed E-state index contributed by atoms with van der Waals surface area (Å²) in [6.07, 6.45) is 3.23. The SMILES string of the molecule is O=C(NCCOc1ccc(S(=O)(=O)N2CCCC2)cc1)C1CCN(Cc2ccc(Cl)cc2F)CC1. The lowest BCUT2D eigenvalue weighted by Crippen LogP contribution is -2.41. The summed E-state index contributed by atoms with van der Waals surface area (Å²) >= 11 is 5.81. The Labute approximate surface area is 211 Å². The monoisotopic (exact) mass is 523 g/mol. The molecule has 1 N–H and O–H groups in total. The third-order valence-corrected chi connectivity index (χ3v) is 8.71. The molecule has 0 saturated carbocycles. The first-order valence-corrected chi connectivity index (χ1v) is 13.8. The summed E-state index contributed by atoms with van der Waals surface area (Å²) < 4.78 is 46.4. The Morgan fingerprint density at radius 2 is 1.74 bits per heavy atom. The van der Waals surface area contributed by atoms with Crippen molar-refractivity contribution in [1.82, 2.24) is 14.5 Å². The number of hydrogen-bond donors (Lipinski definition) is 1. The van der Waals surface area contributed by atoms with E-state index in [9.17, 15) is 17.6 Å². The molecule has 35 heavy (non-hydrogen) atoms. The molecule has 7 nitrogen and oxygen atoms in total. The quantitative estimate of drug-likeness (QED) is 0.507. The molecule has 0 bridgehead atoms. The van der Waals surface area contributed by atoms with Gasteiger partial charge in [-0.25, -0.2) is 12.8 Å². The zero-order chi connectivity index (χ0) is 24.8. The third-order valence-electron chi connectivity index (χ3n) is 6.56. The van der Waals surface area contributed by atoms with E-state index in [1.54, 1.807) is 36.4 Å². The summed E-state index contributed by atoms with van der Waals surface area (Å²) in [6.45, 7) is 3.75. The van der Waals surface area contributed by atoms with E-state index in [1.165, 1.54) is 10.4 Å². The van der Waals surface area contributed by atoms with Crippen LogP contribution in [0.15, 0.2) is 47.4 Å². The van der Waals surface area contributed by atoms with Crippen LogP contribution in [-0.4, -0.2) is 62.9 Å². The van der Waals surface area contributed by atoms with Gasteiger partial charge in [-0.05, 0) is 75.2 Å². The molecule has 10 heteroatoms. The van der Waals surface area contributed by atoms with Crippen molar-refractivity contribution in [3.8, 4) is 5.75 Å². The maximum atomic E-state index is 14.0. The minimum Gasteiger partial charge on any atom is -0.492 e. The number of nitrogens with zero attached hydrogens (tertiary/aromatic N) is 2. The summed E-state index contributed by atoms with van der Waals surface area (Å²) in [7, 11) is -3.44. The molecule has 190 valence electrons. The summed E-state index contributed by atoms with van der Waals surface area (Å²) in [6, 6.07) is 11.1. The van der Waals surface area contributed by atoms with Gasteiger partial charge in [0.25, 0.3) is 0 Å². The van der Waals surface area contributed by atoms with Crippen molar-refractivity contribution in [3.05, 3.63) is 58.9 Å². The highest BCUT2D eigenvalue weighted by atomic mass is 35.5. The number of rotatable bonds is 9. The lowest BCUT2D eigenvalue weighted by Gasteiger charge is -2.31. The number of hydrogen-bond acceptors (Lipinski definition) is 5. The lowest BCUT2D eigenvalue weighted by molar-refractivity contribution is -0.126.